The molecule has 28 heavy (non-hydrogen) atoms. The predicted molar refractivity (Wildman–Crippen MR) is 116 cm³/mol. The van der Waals surface area contributed by atoms with Crippen LogP contribution < -0.4 is 4.74 Å². The van der Waals surface area contributed by atoms with Crippen LogP contribution in [-0.4, -0.2) is 4.98 Å². The molecule has 0 aliphatic rings. The third-order valence-corrected chi connectivity index (χ3v) is 5.75. The highest BCUT2D eigenvalue weighted by Crippen LogP contribution is 2.31. The lowest BCUT2D eigenvalue weighted by molar-refractivity contribution is 0.482. The zero-order valence-corrected chi connectivity index (χ0v) is 16.7. The Morgan fingerprint density at radius 1 is 0.964 bits per heavy atom. The largest absolute Gasteiger partial charge is 0.457 e. The standard InChI is InChI=1S/C22H12Cl2N2OS/c23-18-9-8-17(12-19(18)24)27-16-5-3-4-14(11-16)10-15(13-25)22-26-20-6-1-2-7-21(20)28-22/h1-12H/b15-10+. The van der Waals surface area contributed by atoms with Crippen LogP contribution in [-0.2, 0) is 0 Å². The molecule has 0 N–H and O–H groups in total. The summed E-state index contributed by atoms with van der Waals surface area (Å²) in [5.41, 5.74) is 2.24. The van der Waals surface area contributed by atoms with Crippen LogP contribution in [0.2, 0.25) is 10.0 Å². The number of benzene rings is 3. The Hall–Kier alpha value is -2.84. The van der Waals surface area contributed by atoms with Crippen molar-refractivity contribution in [1.29, 1.82) is 5.26 Å². The summed E-state index contributed by atoms with van der Waals surface area (Å²) in [6.07, 6.45) is 1.80. The number of ether oxygens (including phenoxy) is 1. The molecule has 136 valence electrons. The molecule has 4 rings (SSSR count). The minimum absolute atomic E-state index is 0.429. The Morgan fingerprint density at radius 3 is 2.57 bits per heavy atom. The first-order valence-corrected chi connectivity index (χ1v) is 9.90. The summed E-state index contributed by atoms with van der Waals surface area (Å²) in [5, 5.41) is 11.2. The van der Waals surface area contributed by atoms with Crippen LogP contribution in [0, 0.1) is 11.3 Å². The van der Waals surface area contributed by atoms with Crippen molar-refractivity contribution in [2.75, 3.05) is 0 Å². The fourth-order valence-electron chi connectivity index (χ4n) is 2.64. The topological polar surface area (TPSA) is 45.9 Å². The Morgan fingerprint density at radius 2 is 1.79 bits per heavy atom. The highest BCUT2D eigenvalue weighted by atomic mass is 35.5. The van der Waals surface area contributed by atoms with E-state index in [1.165, 1.54) is 11.3 Å². The van der Waals surface area contributed by atoms with Crippen LogP contribution in [0.1, 0.15) is 10.6 Å². The van der Waals surface area contributed by atoms with E-state index in [0.29, 0.717) is 32.1 Å². The van der Waals surface area contributed by atoms with Gasteiger partial charge in [-0.2, -0.15) is 5.26 Å². The molecule has 3 aromatic carbocycles. The number of rotatable bonds is 4. The van der Waals surface area contributed by atoms with Gasteiger partial charge >= 0.3 is 0 Å². The van der Waals surface area contributed by atoms with Gasteiger partial charge in [-0.1, -0.05) is 47.5 Å². The summed E-state index contributed by atoms with van der Waals surface area (Å²) >= 11 is 13.5. The van der Waals surface area contributed by atoms with Crippen molar-refractivity contribution in [1.82, 2.24) is 4.98 Å². The van der Waals surface area contributed by atoms with Crippen LogP contribution in [0.5, 0.6) is 11.5 Å². The summed E-state index contributed by atoms with van der Waals surface area (Å²) in [6, 6.07) is 22.6. The molecule has 0 aliphatic heterocycles. The van der Waals surface area contributed by atoms with Crippen LogP contribution in [0.3, 0.4) is 0 Å². The molecule has 1 heterocycles. The van der Waals surface area contributed by atoms with Crippen LogP contribution in [0.4, 0.5) is 0 Å². The molecule has 0 atom stereocenters. The lowest BCUT2D eigenvalue weighted by Gasteiger charge is -2.07. The monoisotopic (exact) mass is 422 g/mol. The van der Waals surface area contributed by atoms with E-state index in [9.17, 15) is 5.26 Å². The molecule has 0 amide bonds. The van der Waals surface area contributed by atoms with Crippen molar-refractivity contribution in [3.8, 4) is 17.6 Å². The summed E-state index contributed by atoms with van der Waals surface area (Å²) in [6.45, 7) is 0. The Labute approximate surface area is 176 Å². The van der Waals surface area contributed by atoms with Crippen LogP contribution in [0.15, 0.2) is 66.7 Å². The number of nitrogens with zero attached hydrogens (tertiary/aromatic N) is 2. The molecule has 0 bridgehead atoms. The van der Waals surface area contributed by atoms with E-state index in [2.05, 4.69) is 11.1 Å². The minimum Gasteiger partial charge on any atom is -0.457 e. The van der Waals surface area contributed by atoms with Gasteiger partial charge in [0.25, 0.3) is 0 Å². The smallest absolute Gasteiger partial charge is 0.135 e. The molecule has 0 spiro atoms. The molecule has 1 aromatic heterocycles. The van der Waals surface area contributed by atoms with E-state index in [4.69, 9.17) is 27.9 Å². The van der Waals surface area contributed by atoms with Crippen molar-refractivity contribution in [2.45, 2.75) is 0 Å². The van der Waals surface area contributed by atoms with Crippen molar-refractivity contribution < 1.29 is 4.74 Å². The molecule has 0 aliphatic carbocycles. The maximum absolute atomic E-state index is 9.62. The second-order valence-electron chi connectivity index (χ2n) is 5.91. The quantitative estimate of drug-likeness (QED) is 0.320. The Bertz CT molecular complexity index is 1210. The van der Waals surface area contributed by atoms with Gasteiger partial charge in [0.15, 0.2) is 0 Å². The number of fused-ring (bicyclic) bond motifs is 1. The summed E-state index contributed by atoms with van der Waals surface area (Å²) in [4.78, 5) is 4.56. The maximum Gasteiger partial charge on any atom is 0.135 e. The van der Waals surface area contributed by atoms with E-state index in [1.807, 2.05) is 48.5 Å². The number of allylic oxidation sites excluding steroid dienone is 1. The first kappa shape index (κ1) is 18.5. The number of halogens is 2. The SMILES string of the molecule is N#C/C(=C\c1cccc(Oc2ccc(Cl)c(Cl)c2)c1)c1nc2ccccc2s1. The van der Waals surface area contributed by atoms with Crippen molar-refractivity contribution in [3.63, 3.8) is 0 Å². The van der Waals surface area contributed by atoms with E-state index in [0.717, 1.165) is 15.8 Å². The van der Waals surface area contributed by atoms with Gasteiger partial charge in [-0.05, 0) is 48.0 Å². The number of para-hydroxylation sites is 1. The highest BCUT2D eigenvalue weighted by Gasteiger charge is 2.09. The third kappa shape index (κ3) is 4.02. The number of aromatic nitrogens is 1. The van der Waals surface area contributed by atoms with Gasteiger partial charge < -0.3 is 4.74 Å². The molecule has 3 nitrogen and oxygen atoms in total. The van der Waals surface area contributed by atoms with Crippen LogP contribution in [0.25, 0.3) is 21.9 Å². The minimum atomic E-state index is 0.429. The molecule has 4 aromatic rings. The van der Waals surface area contributed by atoms with E-state index in [-0.39, 0.29) is 0 Å². The van der Waals surface area contributed by atoms with E-state index < -0.39 is 0 Å². The summed E-state index contributed by atoms with van der Waals surface area (Å²) in [7, 11) is 0. The molecular formula is C22H12Cl2N2OS. The molecule has 0 unspecified atom stereocenters. The zero-order chi connectivity index (χ0) is 19.5. The lowest BCUT2D eigenvalue weighted by Crippen LogP contribution is -1.86. The Balaban J connectivity index is 1.64. The molecule has 0 fully saturated rings. The van der Waals surface area contributed by atoms with Gasteiger partial charge in [-0.3, -0.25) is 0 Å². The second-order valence-corrected chi connectivity index (χ2v) is 7.75. The van der Waals surface area contributed by atoms with E-state index in [1.54, 1.807) is 24.3 Å². The fraction of sp³-hybridized carbons (Fsp3) is 0. The van der Waals surface area contributed by atoms with Crippen LogP contribution >= 0.6 is 34.5 Å². The van der Waals surface area contributed by atoms with Crippen molar-refractivity contribution in [3.05, 3.63) is 87.3 Å². The number of thiazole rings is 1. The normalized spacial score (nSPS) is 11.4. The molecule has 0 radical (unpaired) electrons. The fourth-order valence-corrected chi connectivity index (χ4v) is 3.86. The lowest BCUT2D eigenvalue weighted by atomic mass is 10.1. The summed E-state index contributed by atoms with van der Waals surface area (Å²) in [5.74, 6) is 1.22. The predicted octanol–water partition coefficient (Wildman–Crippen LogP) is 7.46. The van der Waals surface area contributed by atoms with Gasteiger partial charge in [-0.15, -0.1) is 11.3 Å². The average molecular weight is 423 g/mol. The van der Waals surface area contributed by atoms with Crippen molar-refractivity contribution in [2.24, 2.45) is 0 Å². The van der Waals surface area contributed by atoms with Gasteiger partial charge in [0.05, 0.1) is 25.8 Å². The first-order chi connectivity index (χ1) is 13.6. The molecule has 0 saturated heterocycles. The van der Waals surface area contributed by atoms with Gasteiger partial charge in [0, 0.05) is 6.07 Å². The van der Waals surface area contributed by atoms with Crippen molar-refractivity contribution >= 4 is 56.4 Å². The third-order valence-electron chi connectivity index (χ3n) is 3.94. The molecule has 0 saturated carbocycles. The maximum atomic E-state index is 9.62. The summed E-state index contributed by atoms with van der Waals surface area (Å²) < 4.78 is 6.91. The molecule has 6 heteroatoms. The second kappa shape index (κ2) is 8.04. The van der Waals surface area contributed by atoms with Gasteiger partial charge in [0.2, 0.25) is 0 Å². The molecular weight excluding hydrogens is 411 g/mol. The average Bonchev–Trinajstić information content (AvgIpc) is 3.13. The number of hydrogen-bond acceptors (Lipinski definition) is 4. The zero-order valence-electron chi connectivity index (χ0n) is 14.4. The first-order valence-electron chi connectivity index (χ1n) is 8.33. The Kier molecular flexibility index (Phi) is 5.31. The van der Waals surface area contributed by atoms with Gasteiger partial charge in [-0.25, -0.2) is 4.98 Å². The van der Waals surface area contributed by atoms with Gasteiger partial charge in [0.1, 0.15) is 22.6 Å². The number of hydrogen-bond donors (Lipinski definition) is 0. The highest BCUT2D eigenvalue weighted by molar-refractivity contribution is 7.19. The van der Waals surface area contributed by atoms with E-state index >= 15 is 0 Å². The number of nitriles is 1.